The topological polar surface area (TPSA) is 23.5 Å². The second kappa shape index (κ2) is 5.51. The van der Waals surface area contributed by atoms with Gasteiger partial charge in [0.2, 0.25) is 0 Å². The average molecular weight is 285 g/mol. The number of thioether (sulfide) groups is 1. The lowest BCUT2D eigenvalue weighted by molar-refractivity contribution is 0.264. The number of benzene rings is 2. The van der Waals surface area contributed by atoms with Crippen LogP contribution in [0.4, 0.5) is 5.69 Å². The van der Waals surface area contributed by atoms with Gasteiger partial charge in [0.25, 0.3) is 0 Å². The lowest BCUT2D eigenvalue weighted by Crippen LogP contribution is -2.10. The van der Waals surface area contributed by atoms with Crippen LogP contribution in [0, 0.1) is 0 Å². The van der Waals surface area contributed by atoms with Gasteiger partial charge in [0.05, 0.1) is 6.61 Å². The molecule has 2 unspecified atom stereocenters. The van der Waals surface area contributed by atoms with E-state index >= 15 is 0 Å². The first-order valence-electron chi connectivity index (χ1n) is 6.84. The minimum atomic E-state index is 0.196. The van der Waals surface area contributed by atoms with Gasteiger partial charge in [0.15, 0.2) is 0 Å². The van der Waals surface area contributed by atoms with Gasteiger partial charge >= 0.3 is 0 Å². The molecule has 3 rings (SSSR count). The molecule has 0 amide bonds. The van der Waals surface area contributed by atoms with Gasteiger partial charge in [-0.05, 0) is 29.3 Å². The van der Waals surface area contributed by atoms with Crippen molar-refractivity contribution >= 4 is 17.4 Å². The number of fused-ring (bicyclic) bond motifs is 1. The lowest BCUT2D eigenvalue weighted by atomic mass is 9.92. The predicted molar refractivity (Wildman–Crippen MR) is 85.6 cm³/mol. The Labute approximate surface area is 124 Å². The van der Waals surface area contributed by atoms with Crippen molar-refractivity contribution in [2.45, 2.75) is 16.1 Å². The highest BCUT2D eigenvalue weighted by Gasteiger charge is 2.33. The molecule has 0 fully saturated rings. The van der Waals surface area contributed by atoms with Crippen molar-refractivity contribution in [1.29, 1.82) is 0 Å². The third-order valence-electron chi connectivity index (χ3n) is 3.87. The third-order valence-corrected chi connectivity index (χ3v) is 5.35. The number of anilines is 1. The van der Waals surface area contributed by atoms with Crippen LogP contribution in [0.1, 0.15) is 22.3 Å². The van der Waals surface area contributed by atoms with Crippen LogP contribution in [0.2, 0.25) is 0 Å². The van der Waals surface area contributed by atoms with E-state index in [-0.39, 0.29) is 12.5 Å². The van der Waals surface area contributed by atoms with E-state index in [1.165, 1.54) is 21.7 Å². The molecule has 0 aliphatic carbocycles. The summed E-state index contributed by atoms with van der Waals surface area (Å²) in [6.45, 7) is 0.199. The van der Waals surface area contributed by atoms with E-state index in [9.17, 15) is 5.11 Å². The van der Waals surface area contributed by atoms with Crippen LogP contribution in [0.15, 0.2) is 53.4 Å². The lowest BCUT2D eigenvalue weighted by Gasteiger charge is -2.19. The Morgan fingerprint density at radius 3 is 2.40 bits per heavy atom. The Morgan fingerprint density at radius 2 is 1.75 bits per heavy atom. The second-order valence-electron chi connectivity index (χ2n) is 5.35. The van der Waals surface area contributed by atoms with Crippen LogP contribution in [-0.4, -0.2) is 25.8 Å². The normalized spacial score (nSPS) is 20.8. The van der Waals surface area contributed by atoms with Gasteiger partial charge in [-0.25, -0.2) is 0 Å². The van der Waals surface area contributed by atoms with Crippen LogP contribution in [0.25, 0.3) is 0 Å². The molecule has 3 heteroatoms. The summed E-state index contributed by atoms with van der Waals surface area (Å²) in [7, 11) is 4.09. The molecule has 1 N–H and O–H groups in total. The molecule has 2 aromatic rings. The minimum absolute atomic E-state index is 0.196. The number of rotatable bonds is 3. The summed E-state index contributed by atoms with van der Waals surface area (Å²) in [4.78, 5) is 3.40. The molecule has 0 saturated heterocycles. The first-order chi connectivity index (χ1) is 9.70. The smallest absolute Gasteiger partial charge is 0.0514 e. The zero-order valence-electron chi connectivity index (χ0n) is 11.8. The summed E-state index contributed by atoms with van der Waals surface area (Å²) >= 11 is 1.86. The number of nitrogens with zero attached hydrogens (tertiary/aromatic N) is 1. The largest absolute Gasteiger partial charge is 0.396 e. The van der Waals surface area contributed by atoms with Crippen molar-refractivity contribution in [2.24, 2.45) is 0 Å². The summed E-state index contributed by atoms with van der Waals surface area (Å²) in [6, 6.07) is 17.1. The van der Waals surface area contributed by atoms with E-state index in [2.05, 4.69) is 53.4 Å². The first-order valence-corrected chi connectivity index (χ1v) is 7.72. The van der Waals surface area contributed by atoms with Crippen LogP contribution in [-0.2, 0) is 0 Å². The molecular formula is C17H19NOS. The van der Waals surface area contributed by atoms with E-state index in [1.54, 1.807) is 0 Å². The maximum Gasteiger partial charge on any atom is 0.0514 e. The zero-order chi connectivity index (χ0) is 14.1. The fraction of sp³-hybridized carbons (Fsp3) is 0.294. The highest BCUT2D eigenvalue weighted by molar-refractivity contribution is 8.00. The van der Waals surface area contributed by atoms with Crippen LogP contribution < -0.4 is 4.90 Å². The highest BCUT2D eigenvalue weighted by Crippen LogP contribution is 2.53. The highest BCUT2D eigenvalue weighted by atomic mass is 32.2. The van der Waals surface area contributed by atoms with Crippen LogP contribution in [0.3, 0.4) is 0 Å². The maximum absolute atomic E-state index is 9.77. The molecule has 0 bridgehead atoms. The fourth-order valence-corrected chi connectivity index (χ4v) is 4.21. The van der Waals surface area contributed by atoms with Crippen molar-refractivity contribution in [3.8, 4) is 0 Å². The van der Waals surface area contributed by atoms with Crippen LogP contribution in [0.5, 0.6) is 0 Å². The summed E-state index contributed by atoms with van der Waals surface area (Å²) in [5.41, 5.74) is 3.77. The van der Waals surface area contributed by atoms with Gasteiger partial charge in [-0.2, -0.15) is 0 Å². The Kier molecular flexibility index (Phi) is 3.72. The molecule has 0 saturated carbocycles. The first kappa shape index (κ1) is 13.5. The van der Waals surface area contributed by atoms with Gasteiger partial charge in [-0.1, -0.05) is 30.3 Å². The van der Waals surface area contributed by atoms with Gasteiger partial charge in [-0.15, -0.1) is 11.8 Å². The molecule has 1 aliphatic heterocycles. The number of hydrogen-bond donors (Lipinski definition) is 1. The molecule has 0 radical (unpaired) electrons. The van der Waals surface area contributed by atoms with E-state index in [1.807, 2.05) is 25.9 Å². The van der Waals surface area contributed by atoms with E-state index in [0.717, 1.165) is 0 Å². The Balaban J connectivity index is 1.91. The molecule has 2 nitrogen and oxygen atoms in total. The van der Waals surface area contributed by atoms with Crippen molar-refractivity contribution in [3.05, 3.63) is 59.7 Å². The summed E-state index contributed by atoms with van der Waals surface area (Å²) in [6.07, 6.45) is 0. The third kappa shape index (κ3) is 2.32. The van der Waals surface area contributed by atoms with Gasteiger partial charge in [0, 0.05) is 35.8 Å². The van der Waals surface area contributed by atoms with Crippen molar-refractivity contribution < 1.29 is 5.11 Å². The van der Waals surface area contributed by atoms with Crippen molar-refractivity contribution in [2.75, 3.05) is 25.6 Å². The van der Waals surface area contributed by atoms with Crippen molar-refractivity contribution in [3.63, 3.8) is 0 Å². The number of aliphatic hydroxyl groups excluding tert-OH is 1. The second-order valence-corrected chi connectivity index (χ2v) is 6.53. The summed E-state index contributed by atoms with van der Waals surface area (Å²) in [5, 5.41) is 10.1. The van der Waals surface area contributed by atoms with Gasteiger partial charge < -0.3 is 10.0 Å². The number of hydrogen-bond acceptors (Lipinski definition) is 3. The molecule has 104 valence electrons. The van der Waals surface area contributed by atoms with Crippen LogP contribution >= 0.6 is 11.8 Å². The standard InChI is InChI=1S/C17H19NOS/c1-18(2)13-9-7-12(8-10-13)17-15(11-19)14-5-3-4-6-16(14)20-17/h3-10,15,17,19H,11H2,1-2H3. The fourth-order valence-electron chi connectivity index (χ4n) is 2.73. The molecule has 2 aromatic carbocycles. The van der Waals surface area contributed by atoms with E-state index < -0.39 is 0 Å². The van der Waals surface area contributed by atoms with Crippen molar-refractivity contribution in [1.82, 2.24) is 0 Å². The minimum Gasteiger partial charge on any atom is -0.396 e. The quantitative estimate of drug-likeness (QED) is 0.930. The summed E-state index contributed by atoms with van der Waals surface area (Å²) in [5.74, 6) is 0.196. The van der Waals surface area contributed by atoms with Gasteiger partial charge in [-0.3, -0.25) is 0 Å². The molecule has 2 atom stereocenters. The SMILES string of the molecule is CN(C)c1ccc(C2Sc3ccccc3C2CO)cc1. The molecule has 1 aliphatic rings. The average Bonchev–Trinajstić information content (AvgIpc) is 2.85. The maximum atomic E-state index is 9.77. The Bertz CT molecular complexity index is 594. The monoisotopic (exact) mass is 285 g/mol. The van der Waals surface area contributed by atoms with E-state index in [0.29, 0.717) is 5.25 Å². The zero-order valence-corrected chi connectivity index (χ0v) is 12.6. The van der Waals surface area contributed by atoms with Gasteiger partial charge in [0.1, 0.15) is 0 Å². The Hall–Kier alpha value is -1.45. The number of aliphatic hydroxyl groups is 1. The van der Waals surface area contributed by atoms with E-state index in [4.69, 9.17) is 0 Å². The molecular weight excluding hydrogens is 266 g/mol. The molecule has 0 spiro atoms. The predicted octanol–water partition coefficient (Wildman–Crippen LogP) is 3.68. The Morgan fingerprint density at radius 1 is 1.05 bits per heavy atom. The molecule has 1 heterocycles. The summed E-state index contributed by atoms with van der Waals surface area (Å²) < 4.78 is 0. The molecule has 0 aromatic heterocycles. The molecule has 20 heavy (non-hydrogen) atoms.